The third-order valence-electron chi connectivity index (χ3n) is 6.33. The van der Waals surface area contributed by atoms with Gasteiger partial charge in [-0.2, -0.15) is 0 Å². The summed E-state index contributed by atoms with van der Waals surface area (Å²) in [4.78, 5) is 40.8. The summed E-state index contributed by atoms with van der Waals surface area (Å²) in [5.41, 5.74) is -0.313. The summed E-state index contributed by atoms with van der Waals surface area (Å²) in [5, 5.41) is 0. The van der Waals surface area contributed by atoms with E-state index in [4.69, 9.17) is 9.47 Å². The van der Waals surface area contributed by atoms with Gasteiger partial charge in [0.05, 0.1) is 19.3 Å². The number of ether oxygens (including phenoxy) is 2. The van der Waals surface area contributed by atoms with Crippen LogP contribution in [0.3, 0.4) is 0 Å². The Morgan fingerprint density at radius 3 is 2.61 bits per heavy atom. The van der Waals surface area contributed by atoms with Crippen LogP contribution in [0.1, 0.15) is 73.2 Å². The van der Waals surface area contributed by atoms with Gasteiger partial charge in [-0.1, -0.05) is 13.3 Å². The van der Waals surface area contributed by atoms with Crippen molar-refractivity contribution in [2.75, 3.05) is 13.2 Å². The predicted octanol–water partition coefficient (Wildman–Crippen LogP) is 2.60. The lowest BCUT2D eigenvalue weighted by molar-refractivity contribution is -0.0182. The van der Waals surface area contributed by atoms with E-state index in [-0.39, 0.29) is 41.6 Å². The summed E-state index contributed by atoms with van der Waals surface area (Å²) in [6.45, 7) is 4.85. The largest absolute Gasteiger partial charge is 0.487 e. The van der Waals surface area contributed by atoms with Gasteiger partial charge in [0, 0.05) is 18.8 Å². The molecule has 3 fully saturated rings. The van der Waals surface area contributed by atoms with Crippen molar-refractivity contribution in [3.8, 4) is 5.75 Å². The van der Waals surface area contributed by atoms with Crippen molar-refractivity contribution in [2.24, 2.45) is 5.92 Å². The molecule has 1 aromatic rings. The number of piperidine rings is 2. The summed E-state index contributed by atoms with van der Waals surface area (Å²) in [6, 6.07) is 0.383. The Hall–Kier alpha value is -2.31. The molecule has 0 N–H and O–H groups in total. The van der Waals surface area contributed by atoms with Crippen molar-refractivity contribution < 1.29 is 19.1 Å². The number of carbonyl (C=O) groups excluding carboxylic acids is 2. The van der Waals surface area contributed by atoms with E-state index < -0.39 is 11.4 Å². The van der Waals surface area contributed by atoms with Crippen LogP contribution in [-0.2, 0) is 11.3 Å². The van der Waals surface area contributed by atoms with Crippen LogP contribution in [0.4, 0.5) is 0 Å². The number of hydrogen-bond donors (Lipinski definition) is 0. The van der Waals surface area contributed by atoms with Gasteiger partial charge in [-0.05, 0) is 44.9 Å². The number of rotatable bonds is 6. The molecule has 1 saturated carbocycles. The molecule has 2 saturated heterocycles. The molecule has 152 valence electrons. The van der Waals surface area contributed by atoms with Gasteiger partial charge in [0.15, 0.2) is 11.4 Å². The molecular weight excluding hydrogens is 360 g/mol. The highest BCUT2D eigenvalue weighted by Gasteiger charge is 2.48. The number of carbonyl (C=O) groups is 2. The predicted molar refractivity (Wildman–Crippen MR) is 103 cm³/mol. The number of pyridine rings is 1. The molecule has 0 unspecified atom stereocenters. The third kappa shape index (κ3) is 3.01. The zero-order valence-corrected chi connectivity index (χ0v) is 16.6. The first kappa shape index (κ1) is 19.0. The standard InChI is InChI=1S/C21H28N2O5/c1-3-5-10-28-19-17-20(25)23-14-8-6-13(7-9-14)16(23)12-22(17)11-15(18(19)24)21(26)27-4-2/h11,13-14,16H,3-10,12H2,1-2H3/t13-,14+,16-/m1/s1. The van der Waals surface area contributed by atoms with E-state index in [1.807, 2.05) is 11.8 Å². The lowest BCUT2D eigenvalue weighted by Crippen LogP contribution is -2.62. The van der Waals surface area contributed by atoms with Crippen molar-refractivity contribution >= 4 is 11.9 Å². The highest BCUT2D eigenvalue weighted by Crippen LogP contribution is 2.43. The van der Waals surface area contributed by atoms with E-state index in [0.717, 1.165) is 38.5 Å². The molecule has 1 aromatic heterocycles. The number of aromatic nitrogens is 1. The van der Waals surface area contributed by atoms with Gasteiger partial charge in [-0.3, -0.25) is 9.59 Å². The van der Waals surface area contributed by atoms with Crippen LogP contribution in [0.15, 0.2) is 11.0 Å². The molecule has 2 bridgehead atoms. The van der Waals surface area contributed by atoms with Crippen LogP contribution < -0.4 is 10.2 Å². The van der Waals surface area contributed by atoms with E-state index in [2.05, 4.69) is 0 Å². The van der Waals surface area contributed by atoms with Crippen LogP contribution >= 0.6 is 0 Å². The molecule has 0 aromatic carbocycles. The maximum atomic E-state index is 13.4. The van der Waals surface area contributed by atoms with Crippen LogP contribution in [0, 0.1) is 5.92 Å². The second kappa shape index (κ2) is 7.60. The zero-order chi connectivity index (χ0) is 19.8. The monoisotopic (exact) mass is 388 g/mol. The smallest absolute Gasteiger partial charge is 0.343 e. The molecule has 28 heavy (non-hydrogen) atoms. The Labute approximate surface area is 164 Å². The first-order chi connectivity index (χ1) is 13.6. The lowest BCUT2D eigenvalue weighted by atomic mass is 9.73. The number of nitrogens with zero attached hydrogens (tertiary/aromatic N) is 2. The fourth-order valence-corrected chi connectivity index (χ4v) is 4.95. The molecule has 7 nitrogen and oxygen atoms in total. The van der Waals surface area contributed by atoms with E-state index in [9.17, 15) is 14.4 Å². The van der Waals surface area contributed by atoms with Crippen LogP contribution in [-0.4, -0.2) is 46.6 Å². The molecule has 1 amide bonds. The molecule has 7 heteroatoms. The van der Waals surface area contributed by atoms with Crippen molar-refractivity contribution in [1.29, 1.82) is 0 Å². The lowest BCUT2D eigenvalue weighted by Gasteiger charge is -2.54. The van der Waals surface area contributed by atoms with Crippen LogP contribution in [0.25, 0.3) is 0 Å². The fraction of sp³-hybridized carbons (Fsp3) is 0.667. The Bertz CT molecular complexity index is 838. The summed E-state index contributed by atoms with van der Waals surface area (Å²) in [7, 11) is 0. The molecule has 4 aliphatic rings. The minimum atomic E-state index is -0.664. The van der Waals surface area contributed by atoms with Gasteiger partial charge < -0.3 is 18.9 Å². The minimum Gasteiger partial charge on any atom is -0.487 e. The average molecular weight is 388 g/mol. The third-order valence-corrected chi connectivity index (χ3v) is 6.33. The van der Waals surface area contributed by atoms with Gasteiger partial charge in [0.2, 0.25) is 5.43 Å². The first-order valence-electron chi connectivity index (χ1n) is 10.5. The quantitative estimate of drug-likeness (QED) is 0.553. The van der Waals surface area contributed by atoms with E-state index in [1.165, 1.54) is 6.20 Å². The average Bonchev–Trinajstić information content (AvgIpc) is 2.70. The highest BCUT2D eigenvalue weighted by molar-refractivity contribution is 5.98. The normalized spacial score (nSPS) is 25.3. The van der Waals surface area contributed by atoms with E-state index in [0.29, 0.717) is 19.1 Å². The van der Waals surface area contributed by atoms with Gasteiger partial charge in [-0.15, -0.1) is 0 Å². The molecule has 4 heterocycles. The Morgan fingerprint density at radius 1 is 1.18 bits per heavy atom. The Balaban J connectivity index is 1.80. The van der Waals surface area contributed by atoms with E-state index in [1.54, 1.807) is 11.5 Å². The minimum absolute atomic E-state index is 0.00361. The van der Waals surface area contributed by atoms with Crippen molar-refractivity contribution in [1.82, 2.24) is 9.47 Å². The zero-order valence-electron chi connectivity index (χ0n) is 16.6. The molecule has 1 atom stereocenters. The molecule has 1 aliphatic carbocycles. The highest BCUT2D eigenvalue weighted by atomic mass is 16.5. The fourth-order valence-electron chi connectivity index (χ4n) is 4.95. The Kier molecular flexibility index (Phi) is 5.17. The number of hydrogen-bond acceptors (Lipinski definition) is 5. The topological polar surface area (TPSA) is 77.8 Å². The van der Waals surface area contributed by atoms with Gasteiger partial charge >= 0.3 is 5.97 Å². The van der Waals surface area contributed by atoms with Gasteiger partial charge in [0.1, 0.15) is 5.56 Å². The second-order valence-electron chi connectivity index (χ2n) is 7.97. The van der Waals surface area contributed by atoms with E-state index >= 15 is 0 Å². The maximum Gasteiger partial charge on any atom is 0.343 e. The molecule has 0 spiro atoms. The SMILES string of the molecule is CCCCOc1c2n(cc(C(=O)OCC)c1=O)C[C@@H]1[C@H]3CC[C@H](CC3)N1C2=O. The van der Waals surface area contributed by atoms with Crippen molar-refractivity contribution in [3.63, 3.8) is 0 Å². The van der Waals surface area contributed by atoms with Crippen molar-refractivity contribution in [2.45, 2.75) is 71.0 Å². The second-order valence-corrected chi connectivity index (χ2v) is 7.97. The van der Waals surface area contributed by atoms with Gasteiger partial charge in [0.25, 0.3) is 5.91 Å². The van der Waals surface area contributed by atoms with Gasteiger partial charge in [-0.25, -0.2) is 4.79 Å². The van der Waals surface area contributed by atoms with Crippen LogP contribution in [0.2, 0.25) is 0 Å². The number of amides is 1. The number of esters is 1. The summed E-state index contributed by atoms with van der Waals surface area (Å²) < 4.78 is 12.6. The number of fused-ring (bicyclic) bond motifs is 3. The van der Waals surface area contributed by atoms with Crippen LogP contribution in [0.5, 0.6) is 5.75 Å². The summed E-state index contributed by atoms with van der Waals surface area (Å²) >= 11 is 0. The molecule has 0 radical (unpaired) electrons. The first-order valence-corrected chi connectivity index (χ1v) is 10.5. The maximum absolute atomic E-state index is 13.4. The summed E-state index contributed by atoms with van der Waals surface area (Å²) in [6.07, 6.45) is 7.52. The molecule has 3 aliphatic heterocycles. The van der Waals surface area contributed by atoms with Crippen molar-refractivity contribution in [3.05, 3.63) is 27.7 Å². The molecular formula is C21H28N2O5. The number of unbranched alkanes of at least 4 members (excludes halogenated alkanes) is 1. The summed E-state index contributed by atoms with van der Waals surface area (Å²) in [5.74, 6) is -0.311. The Morgan fingerprint density at radius 2 is 1.93 bits per heavy atom. The molecule has 5 rings (SSSR count).